The summed E-state index contributed by atoms with van der Waals surface area (Å²) in [5.41, 5.74) is 0. The minimum Gasteiger partial charge on any atom is -0.357 e. The standard InChI is InChI=1S/C12H20N8O/c1-4-20(5-2)12-18-10(13-3)17-11(19-12)14-7-6-9-15-8-16-21-9/h8H,4-7H2,1-3H3,(H2,13,14,17,18,19). The molecule has 0 amide bonds. The predicted molar refractivity (Wildman–Crippen MR) is 79.4 cm³/mol. The summed E-state index contributed by atoms with van der Waals surface area (Å²) in [5, 5.41) is 9.65. The topological polar surface area (TPSA) is 105 Å². The van der Waals surface area contributed by atoms with Crippen molar-refractivity contribution in [2.75, 3.05) is 42.2 Å². The average molecular weight is 292 g/mol. The normalized spacial score (nSPS) is 10.4. The van der Waals surface area contributed by atoms with Crippen LogP contribution in [0.5, 0.6) is 0 Å². The van der Waals surface area contributed by atoms with Crippen molar-refractivity contribution < 1.29 is 4.52 Å². The van der Waals surface area contributed by atoms with Crippen molar-refractivity contribution >= 4 is 17.8 Å². The molecule has 21 heavy (non-hydrogen) atoms. The molecule has 0 bridgehead atoms. The van der Waals surface area contributed by atoms with Crippen molar-refractivity contribution in [3.8, 4) is 0 Å². The molecule has 2 N–H and O–H groups in total. The summed E-state index contributed by atoms with van der Waals surface area (Å²) < 4.78 is 4.94. The molecule has 0 aromatic carbocycles. The molecule has 0 atom stereocenters. The van der Waals surface area contributed by atoms with Crippen LogP contribution in [0.15, 0.2) is 10.9 Å². The summed E-state index contributed by atoms with van der Waals surface area (Å²) >= 11 is 0. The van der Waals surface area contributed by atoms with Gasteiger partial charge >= 0.3 is 0 Å². The second-order valence-corrected chi connectivity index (χ2v) is 4.22. The lowest BCUT2D eigenvalue weighted by atomic mass is 10.4. The molecule has 0 aliphatic rings. The zero-order valence-corrected chi connectivity index (χ0v) is 12.5. The molecule has 9 heteroatoms. The van der Waals surface area contributed by atoms with Gasteiger partial charge in [0.05, 0.1) is 0 Å². The van der Waals surface area contributed by atoms with Crippen LogP contribution >= 0.6 is 0 Å². The Morgan fingerprint density at radius 1 is 1.14 bits per heavy atom. The van der Waals surface area contributed by atoms with Crippen molar-refractivity contribution in [1.29, 1.82) is 0 Å². The van der Waals surface area contributed by atoms with Crippen molar-refractivity contribution in [3.05, 3.63) is 12.2 Å². The number of anilines is 3. The van der Waals surface area contributed by atoms with Gasteiger partial charge in [-0.15, -0.1) is 0 Å². The molecule has 0 aliphatic heterocycles. The largest absolute Gasteiger partial charge is 0.357 e. The van der Waals surface area contributed by atoms with Crippen LogP contribution in [0.1, 0.15) is 19.7 Å². The molecular weight excluding hydrogens is 272 g/mol. The van der Waals surface area contributed by atoms with E-state index < -0.39 is 0 Å². The van der Waals surface area contributed by atoms with Crippen LogP contribution in [-0.2, 0) is 6.42 Å². The van der Waals surface area contributed by atoms with Crippen LogP contribution in [0.4, 0.5) is 17.8 Å². The number of hydrogen-bond acceptors (Lipinski definition) is 9. The van der Waals surface area contributed by atoms with Gasteiger partial charge in [-0.2, -0.15) is 19.9 Å². The second kappa shape index (κ2) is 7.36. The molecule has 2 rings (SSSR count). The van der Waals surface area contributed by atoms with Crippen LogP contribution in [0.3, 0.4) is 0 Å². The molecule has 2 aromatic rings. The Morgan fingerprint density at radius 3 is 2.52 bits per heavy atom. The van der Waals surface area contributed by atoms with Crippen molar-refractivity contribution in [1.82, 2.24) is 25.1 Å². The molecule has 0 saturated carbocycles. The Labute approximate surface area is 123 Å². The van der Waals surface area contributed by atoms with Crippen molar-refractivity contribution in [3.63, 3.8) is 0 Å². The molecule has 0 saturated heterocycles. The van der Waals surface area contributed by atoms with Gasteiger partial charge in [-0.1, -0.05) is 5.16 Å². The maximum absolute atomic E-state index is 4.94. The van der Waals surface area contributed by atoms with E-state index in [0.29, 0.717) is 36.7 Å². The minimum atomic E-state index is 0.524. The average Bonchev–Trinajstić information content (AvgIpc) is 3.01. The van der Waals surface area contributed by atoms with Crippen LogP contribution in [0.2, 0.25) is 0 Å². The third-order valence-corrected chi connectivity index (χ3v) is 2.92. The SMILES string of the molecule is CCN(CC)c1nc(NC)nc(NCCc2ncno2)n1. The van der Waals surface area contributed by atoms with E-state index in [-0.39, 0.29) is 0 Å². The van der Waals surface area contributed by atoms with E-state index >= 15 is 0 Å². The molecule has 0 unspecified atom stereocenters. The minimum absolute atomic E-state index is 0.524. The van der Waals surface area contributed by atoms with Crippen molar-refractivity contribution in [2.24, 2.45) is 0 Å². The highest BCUT2D eigenvalue weighted by Gasteiger charge is 2.10. The molecular formula is C12H20N8O. The molecule has 0 radical (unpaired) electrons. The zero-order chi connectivity index (χ0) is 15.1. The number of rotatable bonds is 8. The highest BCUT2D eigenvalue weighted by molar-refractivity contribution is 5.43. The monoisotopic (exact) mass is 292 g/mol. The van der Waals surface area contributed by atoms with E-state index in [1.807, 2.05) is 0 Å². The molecule has 114 valence electrons. The summed E-state index contributed by atoms with van der Waals surface area (Å²) in [5.74, 6) is 2.29. The molecule has 0 spiro atoms. The first-order chi connectivity index (χ1) is 10.3. The molecule has 2 heterocycles. The maximum Gasteiger partial charge on any atom is 0.231 e. The first kappa shape index (κ1) is 14.9. The van der Waals surface area contributed by atoms with Crippen LogP contribution in [0.25, 0.3) is 0 Å². The number of aromatic nitrogens is 5. The number of nitrogens with one attached hydrogen (secondary N) is 2. The van der Waals surface area contributed by atoms with E-state index in [2.05, 4.69) is 54.5 Å². The Morgan fingerprint density at radius 2 is 1.90 bits per heavy atom. The number of hydrogen-bond donors (Lipinski definition) is 2. The highest BCUT2D eigenvalue weighted by atomic mass is 16.5. The fourth-order valence-corrected chi connectivity index (χ4v) is 1.79. The second-order valence-electron chi connectivity index (χ2n) is 4.22. The molecule has 9 nitrogen and oxygen atoms in total. The van der Waals surface area contributed by atoms with Crippen LogP contribution < -0.4 is 15.5 Å². The summed E-state index contributed by atoms with van der Waals surface area (Å²) in [6.07, 6.45) is 2.00. The summed E-state index contributed by atoms with van der Waals surface area (Å²) in [7, 11) is 1.78. The smallest absolute Gasteiger partial charge is 0.231 e. The van der Waals surface area contributed by atoms with Gasteiger partial charge in [0.15, 0.2) is 6.33 Å². The zero-order valence-electron chi connectivity index (χ0n) is 12.5. The summed E-state index contributed by atoms with van der Waals surface area (Å²) in [6, 6.07) is 0. The Kier molecular flexibility index (Phi) is 5.24. The van der Waals surface area contributed by atoms with Gasteiger partial charge in [-0.25, -0.2) is 0 Å². The van der Waals surface area contributed by atoms with E-state index in [0.717, 1.165) is 13.1 Å². The van der Waals surface area contributed by atoms with E-state index in [9.17, 15) is 0 Å². The Bertz CT molecular complexity index is 540. The van der Waals surface area contributed by atoms with Crippen molar-refractivity contribution in [2.45, 2.75) is 20.3 Å². The van der Waals surface area contributed by atoms with Gasteiger partial charge < -0.3 is 20.1 Å². The lowest BCUT2D eigenvalue weighted by molar-refractivity contribution is 0.379. The fourth-order valence-electron chi connectivity index (χ4n) is 1.79. The fraction of sp³-hybridized carbons (Fsp3) is 0.583. The lowest BCUT2D eigenvalue weighted by Gasteiger charge is -2.19. The molecule has 2 aromatic heterocycles. The highest BCUT2D eigenvalue weighted by Crippen LogP contribution is 2.13. The van der Waals surface area contributed by atoms with E-state index in [1.54, 1.807) is 7.05 Å². The molecule has 0 fully saturated rings. The Hall–Kier alpha value is -2.45. The predicted octanol–water partition coefficient (Wildman–Crippen LogP) is 0.797. The van der Waals surface area contributed by atoms with Gasteiger partial charge in [-0.05, 0) is 13.8 Å². The third-order valence-electron chi connectivity index (χ3n) is 2.92. The van der Waals surface area contributed by atoms with Crippen LogP contribution in [-0.4, -0.2) is 51.8 Å². The summed E-state index contributed by atoms with van der Waals surface area (Å²) in [4.78, 5) is 19.1. The maximum atomic E-state index is 4.94. The number of nitrogens with zero attached hydrogens (tertiary/aromatic N) is 6. The van der Waals surface area contributed by atoms with Gasteiger partial charge in [0, 0.05) is 33.1 Å². The van der Waals surface area contributed by atoms with Gasteiger partial charge in [0.1, 0.15) is 0 Å². The lowest BCUT2D eigenvalue weighted by Crippen LogP contribution is -2.25. The Balaban J connectivity index is 2.05. The van der Waals surface area contributed by atoms with E-state index in [1.165, 1.54) is 6.33 Å². The third kappa shape index (κ3) is 4.01. The van der Waals surface area contributed by atoms with Gasteiger partial charge in [0.25, 0.3) is 0 Å². The van der Waals surface area contributed by atoms with Gasteiger partial charge in [0.2, 0.25) is 23.7 Å². The molecule has 0 aliphatic carbocycles. The quantitative estimate of drug-likeness (QED) is 0.730. The first-order valence-corrected chi connectivity index (χ1v) is 6.95. The first-order valence-electron chi connectivity index (χ1n) is 6.95. The van der Waals surface area contributed by atoms with E-state index in [4.69, 9.17) is 4.52 Å². The summed E-state index contributed by atoms with van der Waals surface area (Å²) in [6.45, 7) is 6.41. The van der Waals surface area contributed by atoms with Gasteiger partial charge in [-0.3, -0.25) is 0 Å². The van der Waals surface area contributed by atoms with Crippen LogP contribution in [0, 0.1) is 0 Å².